The molecule has 9 heteroatoms. The van der Waals surface area contributed by atoms with Gasteiger partial charge >= 0.3 is 0 Å². The summed E-state index contributed by atoms with van der Waals surface area (Å²) in [5, 5.41) is 13.7. The number of sulfonamides is 1. The van der Waals surface area contributed by atoms with Gasteiger partial charge in [0.15, 0.2) is 5.82 Å². The third-order valence-corrected chi connectivity index (χ3v) is 6.07. The predicted octanol–water partition coefficient (Wildman–Crippen LogP) is 2.33. The van der Waals surface area contributed by atoms with E-state index in [2.05, 4.69) is 20.8 Å². The number of hydrogen-bond acceptors (Lipinski definition) is 6. The summed E-state index contributed by atoms with van der Waals surface area (Å²) >= 11 is 0. The SMILES string of the molecule is CC(C)Nc1ccc(NC(=O)c2ccc(S(=O)(=O)N3CCCC3)cc2)nn1. The zero-order valence-corrected chi connectivity index (χ0v) is 16.2. The van der Waals surface area contributed by atoms with E-state index in [-0.39, 0.29) is 16.8 Å². The highest BCUT2D eigenvalue weighted by Crippen LogP contribution is 2.21. The third kappa shape index (κ3) is 4.61. The molecule has 144 valence electrons. The van der Waals surface area contributed by atoms with Gasteiger partial charge in [0.1, 0.15) is 5.82 Å². The molecule has 0 unspecified atom stereocenters. The highest BCUT2D eigenvalue weighted by molar-refractivity contribution is 7.89. The van der Waals surface area contributed by atoms with E-state index in [0.29, 0.717) is 30.3 Å². The molecule has 1 fully saturated rings. The summed E-state index contributed by atoms with van der Waals surface area (Å²) < 4.78 is 26.5. The molecule has 2 heterocycles. The van der Waals surface area contributed by atoms with E-state index in [0.717, 1.165) is 12.8 Å². The van der Waals surface area contributed by atoms with Crippen molar-refractivity contribution < 1.29 is 13.2 Å². The lowest BCUT2D eigenvalue weighted by molar-refractivity contribution is 0.102. The first-order valence-corrected chi connectivity index (χ1v) is 10.3. The van der Waals surface area contributed by atoms with E-state index in [9.17, 15) is 13.2 Å². The van der Waals surface area contributed by atoms with Crippen LogP contribution >= 0.6 is 0 Å². The zero-order valence-electron chi connectivity index (χ0n) is 15.3. The number of nitrogens with one attached hydrogen (secondary N) is 2. The molecule has 1 saturated heterocycles. The van der Waals surface area contributed by atoms with Gasteiger partial charge in [-0.05, 0) is 63.1 Å². The van der Waals surface area contributed by atoms with Gasteiger partial charge in [0.05, 0.1) is 4.90 Å². The van der Waals surface area contributed by atoms with Crippen LogP contribution in [0.3, 0.4) is 0 Å². The van der Waals surface area contributed by atoms with Crippen molar-refractivity contribution in [2.75, 3.05) is 23.7 Å². The number of carbonyl (C=O) groups excluding carboxylic acids is 1. The standard InChI is InChI=1S/C18H23N5O3S/c1-13(2)19-16-9-10-17(22-21-16)20-18(24)14-5-7-15(8-6-14)27(25,26)23-11-3-4-12-23/h5-10,13H,3-4,11-12H2,1-2H3,(H,19,21)(H,20,22,24). The Morgan fingerprint density at radius 2 is 1.59 bits per heavy atom. The van der Waals surface area contributed by atoms with E-state index in [1.807, 2.05) is 13.8 Å². The van der Waals surface area contributed by atoms with Crippen LogP contribution in [0.4, 0.5) is 11.6 Å². The second-order valence-electron chi connectivity index (χ2n) is 6.69. The molecule has 1 amide bonds. The van der Waals surface area contributed by atoms with Crippen molar-refractivity contribution in [2.45, 2.75) is 37.6 Å². The largest absolute Gasteiger partial charge is 0.366 e. The minimum absolute atomic E-state index is 0.199. The summed E-state index contributed by atoms with van der Waals surface area (Å²) in [4.78, 5) is 12.5. The van der Waals surface area contributed by atoms with Crippen molar-refractivity contribution in [3.8, 4) is 0 Å². The van der Waals surface area contributed by atoms with Crippen LogP contribution in [0.2, 0.25) is 0 Å². The fourth-order valence-electron chi connectivity index (χ4n) is 2.82. The fraction of sp³-hybridized carbons (Fsp3) is 0.389. The third-order valence-electron chi connectivity index (χ3n) is 4.16. The van der Waals surface area contributed by atoms with Crippen LogP contribution < -0.4 is 10.6 Å². The van der Waals surface area contributed by atoms with Crippen molar-refractivity contribution in [1.29, 1.82) is 0 Å². The minimum atomic E-state index is -3.48. The molecule has 27 heavy (non-hydrogen) atoms. The lowest BCUT2D eigenvalue weighted by Gasteiger charge is -2.15. The average Bonchev–Trinajstić information content (AvgIpc) is 3.18. The molecule has 0 atom stereocenters. The van der Waals surface area contributed by atoms with Gasteiger partial charge in [-0.15, -0.1) is 10.2 Å². The molecular formula is C18H23N5O3S. The number of amides is 1. The molecule has 3 rings (SSSR count). The summed E-state index contributed by atoms with van der Waals surface area (Å²) in [6, 6.07) is 9.54. The monoisotopic (exact) mass is 389 g/mol. The summed E-state index contributed by atoms with van der Waals surface area (Å²) in [6.07, 6.45) is 1.76. The van der Waals surface area contributed by atoms with Gasteiger partial charge in [0.2, 0.25) is 10.0 Å². The molecule has 0 bridgehead atoms. The van der Waals surface area contributed by atoms with Gasteiger partial charge in [-0.3, -0.25) is 4.79 Å². The number of benzene rings is 1. The van der Waals surface area contributed by atoms with Crippen molar-refractivity contribution in [1.82, 2.24) is 14.5 Å². The van der Waals surface area contributed by atoms with Crippen molar-refractivity contribution in [2.24, 2.45) is 0 Å². The van der Waals surface area contributed by atoms with E-state index in [4.69, 9.17) is 0 Å². The summed E-state index contributed by atoms with van der Waals surface area (Å²) in [5.41, 5.74) is 0.349. The van der Waals surface area contributed by atoms with E-state index >= 15 is 0 Å². The smallest absolute Gasteiger partial charge is 0.256 e. The van der Waals surface area contributed by atoms with E-state index < -0.39 is 10.0 Å². The number of hydrogen-bond donors (Lipinski definition) is 2. The first-order chi connectivity index (χ1) is 12.9. The van der Waals surface area contributed by atoms with Crippen LogP contribution in [-0.2, 0) is 10.0 Å². The predicted molar refractivity (Wildman–Crippen MR) is 103 cm³/mol. The van der Waals surface area contributed by atoms with Gasteiger partial charge in [-0.25, -0.2) is 8.42 Å². The molecule has 0 radical (unpaired) electrons. The van der Waals surface area contributed by atoms with Crippen molar-refractivity contribution in [3.05, 3.63) is 42.0 Å². The molecule has 1 aromatic carbocycles. The number of anilines is 2. The van der Waals surface area contributed by atoms with Gasteiger partial charge < -0.3 is 10.6 Å². The first kappa shape index (κ1) is 19.2. The topological polar surface area (TPSA) is 104 Å². The zero-order chi connectivity index (χ0) is 19.4. The second-order valence-corrected chi connectivity index (χ2v) is 8.63. The van der Waals surface area contributed by atoms with Crippen molar-refractivity contribution in [3.63, 3.8) is 0 Å². The van der Waals surface area contributed by atoms with Gasteiger partial charge in [-0.1, -0.05) is 0 Å². The Hall–Kier alpha value is -2.52. The van der Waals surface area contributed by atoms with Gasteiger partial charge in [0.25, 0.3) is 5.91 Å². The highest BCUT2D eigenvalue weighted by Gasteiger charge is 2.27. The molecule has 0 saturated carbocycles. The van der Waals surface area contributed by atoms with Gasteiger partial charge in [-0.2, -0.15) is 4.31 Å². The van der Waals surface area contributed by atoms with Crippen molar-refractivity contribution >= 4 is 27.6 Å². The Balaban J connectivity index is 1.67. The Morgan fingerprint density at radius 1 is 1.00 bits per heavy atom. The molecule has 2 aromatic rings. The minimum Gasteiger partial charge on any atom is -0.366 e. The van der Waals surface area contributed by atoms with Crippen LogP contribution in [0.25, 0.3) is 0 Å². The molecular weight excluding hydrogens is 366 g/mol. The number of nitrogens with zero attached hydrogens (tertiary/aromatic N) is 3. The first-order valence-electron chi connectivity index (χ1n) is 8.88. The lowest BCUT2D eigenvalue weighted by atomic mass is 10.2. The lowest BCUT2D eigenvalue weighted by Crippen LogP contribution is -2.27. The molecule has 0 spiro atoms. The number of rotatable bonds is 6. The van der Waals surface area contributed by atoms with E-state index in [1.54, 1.807) is 12.1 Å². The van der Waals surface area contributed by atoms with Crippen LogP contribution in [0.15, 0.2) is 41.3 Å². The fourth-order valence-corrected chi connectivity index (χ4v) is 4.33. The summed E-state index contributed by atoms with van der Waals surface area (Å²) in [5.74, 6) is 0.571. The van der Waals surface area contributed by atoms with Gasteiger partial charge in [0, 0.05) is 24.7 Å². The Morgan fingerprint density at radius 3 is 2.15 bits per heavy atom. The van der Waals surface area contributed by atoms with Crippen LogP contribution in [0.1, 0.15) is 37.0 Å². The Labute approximate surface area is 159 Å². The maximum atomic E-state index is 12.5. The molecule has 1 aliphatic rings. The molecule has 2 N–H and O–H groups in total. The van der Waals surface area contributed by atoms with Crippen LogP contribution in [0.5, 0.6) is 0 Å². The quantitative estimate of drug-likeness (QED) is 0.786. The maximum Gasteiger partial charge on any atom is 0.256 e. The average molecular weight is 389 g/mol. The Bertz CT molecular complexity index is 890. The molecule has 8 nitrogen and oxygen atoms in total. The van der Waals surface area contributed by atoms with E-state index in [1.165, 1.54) is 28.6 Å². The van der Waals surface area contributed by atoms with Crippen LogP contribution in [-0.4, -0.2) is 48.0 Å². The number of carbonyl (C=O) groups is 1. The normalized spacial score (nSPS) is 15.1. The Kier molecular flexibility index (Phi) is 5.71. The number of aromatic nitrogens is 2. The maximum absolute atomic E-state index is 12.5. The summed E-state index contributed by atoms with van der Waals surface area (Å²) in [6.45, 7) is 5.08. The summed E-state index contributed by atoms with van der Waals surface area (Å²) in [7, 11) is -3.48. The second kappa shape index (κ2) is 8.01. The highest BCUT2D eigenvalue weighted by atomic mass is 32.2. The molecule has 1 aliphatic heterocycles. The van der Waals surface area contributed by atoms with Crippen LogP contribution in [0, 0.1) is 0 Å². The molecule has 1 aromatic heterocycles. The molecule has 0 aliphatic carbocycles.